The number of methoxy groups -OCH3 is 1. The van der Waals surface area contributed by atoms with Gasteiger partial charge in [-0.15, -0.1) is 11.6 Å². The summed E-state index contributed by atoms with van der Waals surface area (Å²) < 4.78 is 24.0. The molecule has 0 atom stereocenters. The van der Waals surface area contributed by atoms with Gasteiger partial charge in [-0.1, -0.05) is 17.9 Å². The summed E-state index contributed by atoms with van der Waals surface area (Å²) in [6, 6.07) is 9.64. The normalized spacial score (nSPS) is 9.67. The van der Waals surface area contributed by atoms with E-state index in [-0.39, 0.29) is 12.5 Å². The number of nitrogens with zero attached hydrogens (tertiary/aromatic N) is 1. The summed E-state index contributed by atoms with van der Waals surface area (Å²) >= 11 is 5.48. The van der Waals surface area contributed by atoms with Crippen LogP contribution in [0.15, 0.2) is 36.4 Å². The molecular weight excluding hydrogens is 293 g/mol. The van der Waals surface area contributed by atoms with E-state index < -0.39 is 5.82 Å². The van der Waals surface area contributed by atoms with Crippen LogP contribution in [0.1, 0.15) is 11.3 Å². The summed E-state index contributed by atoms with van der Waals surface area (Å²) in [6.07, 6.45) is 0. The lowest BCUT2D eigenvalue weighted by Crippen LogP contribution is -2.00. The molecule has 0 N–H and O–H groups in total. The highest BCUT2D eigenvalue weighted by molar-refractivity contribution is 6.19. The Kier molecular flexibility index (Phi) is 5.42. The maximum absolute atomic E-state index is 13.5. The minimum absolute atomic E-state index is 0.195. The second-order valence-electron chi connectivity index (χ2n) is 4.07. The lowest BCUT2D eigenvalue weighted by Gasteiger charge is -2.07. The van der Waals surface area contributed by atoms with E-state index in [2.05, 4.69) is 16.8 Å². The Morgan fingerprint density at radius 1 is 1.29 bits per heavy atom. The second-order valence-corrected chi connectivity index (χ2v) is 4.34. The van der Waals surface area contributed by atoms with E-state index in [0.29, 0.717) is 22.9 Å². The first-order valence-electron chi connectivity index (χ1n) is 6.19. The zero-order valence-corrected chi connectivity index (χ0v) is 12.2. The van der Waals surface area contributed by atoms with Crippen molar-refractivity contribution in [3.63, 3.8) is 0 Å². The van der Waals surface area contributed by atoms with Crippen LogP contribution in [0.2, 0.25) is 0 Å². The van der Waals surface area contributed by atoms with Gasteiger partial charge in [-0.25, -0.2) is 9.37 Å². The van der Waals surface area contributed by atoms with Gasteiger partial charge in [-0.05, 0) is 18.2 Å². The topological polar surface area (TPSA) is 31.4 Å². The molecule has 0 saturated carbocycles. The minimum Gasteiger partial charge on any atom is -0.487 e. The van der Waals surface area contributed by atoms with Crippen LogP contribution in [0.3, 0.4) is 0 Å². The van der Waals surface area contributed by atoms with Crippen molar-refractivity contribution < 1.29 is 13.9 Å². The smallest absolute Gasteiger partial charge is 0.213 e. The Labute approximate surface area is 127 Å². The summed E-state index contributed by atoms with van der Waals surface area (Å²) in [4.78, 5) is 4.21. The van der Waals surface area contributed by atoms with Gasteiger partial charge in [0, 0.05) is 17.7 Å². The van der Waals surface area contributed by atoms with Crippen LogP contribution in [0.5, 0.6) is 11.6 Å². The fourth-order valence-corrected chi connectivity index (χ4v) is 1.73. The van der Waals surface area contributed by atoms with Gasteiger partial charge in [-0.3, -0.25) is 0 Å². The van der Waals surface area contributed by atoms with Gasteiger partial charge in [0.05, 0.1) is 18.7 Å². The molecule has 0 radical (unpaired) electrons. The van der Waals surface area contributed by atoms with Crippen LogP contribution in [-0.4, -0.2) is 18.0 Å². The van der Waals surface area contributed by atoms with E-state index in [4.69, 9.17) is 21.1 Å². The van der Waals surface area contributed by atoms with Crippen molar-refractivity contribution in [2.75, 3.05) is 13.0 Å². The first-order chi connectivity index (χ1) is 10.2. The highest BCUT2D eigenvalue weighted by Crippen LogP contribution is 2.17. The molecule has 2 rings (SSSR count). The summed E-state index contributed by atoms with van der Waals surface area (Å²) in [5.74, 6) is 6.10. The predicted octanol–water partition coefficient (Wildman–Crippen LogP) is 3.40. The summed E-state index contributed by atoms with van der Waals surface area (Å²) in [7, 11) is 1.54. The van der Waals surface area contributed by atoms with Gasteiger partial charge in [0.1, 0.15) is 18.2 Å². The molecule has 21 heavy (non-hydrogen) atoms. The summed E-state index contributed by atoms with van der Waals surface area (Å²) in [5.41, 5.74) is 1.20. The number of halogens is 2. The molecule has 0 saturated heterocycles. The molecule has 1 aromatic carbocycles. The fourth-order valence-electron chi connectivity index (χ4n) is 1.66. The molecule has 0 unspecified atom stereocenters. The van der Waals surface area contributed by atoms with Crippen LogP contribution >= 0.6 is 11.6 Å². The number of alkyl halides is 1. The van der Waals surface area contributed by atoms with E-state index in [9.17, 15) is 4.39 Å². The van der Waals surface area contributed by atoms with Crippen molar-refractivity contribution in [2.24, 2.45) is 0 Å². The van der Waals surface area contributed by atoms with E-state index in [1.54, 1.807) is 25.3 Å². The van der Waals surface area contributed by atoms with Gasteiger partial charge >= 0.3 is 0 Å². The lowest BCUT2D eigenvalue weighted by molar-refractivity contribution is 0.296. The van der Waals surface area contributed by atoms with Crippen molar-refractivity contribution >= 4 is 11.6 Å². The SMILES string of the molecule is COc1cccc(COc2cc(F)cc(C#CCCl)c2)n1. The number of hydrogen-bond donors (Lipinski definition) is 0. The average molecular weight is 306 g/mol. The van der Waals surface area contributed by atoms with E-state index >= 15 is 0 Å². The van der Waals surface area contributed by atoms with E-state index in [0.717, 1.165) is 0 Å². The number of rotatable bonds is 4. The third-order valence-electron chi connectivity index (χ3n) is 2.55. The number of ether oxygens (including phenoxy) is 2. The number of aromatic nitrogens is 1. The standard InChI is InChI=1S/C16H13ClFNO2/c1-20-16-6-2-5-14(19-16)11-21-15-9-12(4-3-7-17)8-13(18)10-15/h2,5-6,8-10H,7,11H2,1H3. The summed E-state index contributed by atoms with van der Waals surface area (Å²) in [5, 5.41) is 0. The molecule has 5 heteroatoms. The number of pyridine rings is 1. The van der Waals surface area contributed by atoms with Crippen molar-refractivity contribution in [2.45, 2.75) is 6.61 Å². The van der Waals surface area contributed by atoms with Gasteiger partial charge < -0.3 is 9.47 Å². The maximum atomic E-state index is 13.5. The molecule has 2 aromatic rings. The number of benzene rings is 1. The van der Waals surface area contributed by atoms with Crippen LogP contribution in [0.4, 0.5) is 4.39 Å². The largest absolute Gasteiger partial charge is 0.487 e. The van der Waals surface area contributed by atoms with Crippen LogP contribution in [0.25, 0.3) is 0 Å². The molecule has 1 heterocycles. The van der Waals surface area contributed by atoms with Crippen molar-refractivity contribution in [3.05, 3.63) is 53.5 Å². The minimum atomic E-state index is -0.412. The zero-order chi connectivity index (χ0) is 15.1. The predicted molar refractivity (Wildman–Crippen MR) is 79.1 cm³/mol. The van der Waals surface area contributed by atoms with Crippen molar-refractivity contribution in [3.8, 4) is 23.5 Å². The Balaban J connectivity index is 2.10. The Bertz CT molecular complexity index is 679. The van der Waals surface area contributed by atoms with Gasteiger partial charge in [-0.2, -0.15) is 0 Å². The first-order valence-corrected chi connectivity index (χ1v) is 6.73. The quantitative estimate of drug-likeness (QED) is 0.641. The van der Waals surface area contributed by atoms with Crippen molar-refractivity contribution in [1.82, 2.24) is 4.98 Å². The average Bonchev–Trinajstić information content (AvgIpc) is 2.50. The molecule has 0 aliphatic rings. The Morgan fingerprint density at radius 2 is 2.14 bits per heavy atom. The highest BCUT2D eigenvalue weighted by atomic mass is 35.5. The number of hydrogen-bond acceptors (Lipinski definition) is 3. The second kappa shape index (κ2) is 7.51. The molecule has 108 valence electrons. The Hall–Kier alpha value is -2.25. The third kappa shape index (κ3) is 4.66. The molecule has 0 aliphatic heterocycles. The van der Waals surface area contributed by atoms with Gasteiger partial charge in [0.2, 0.25) is 5.88 Å². The maximum Gasteiger partial charge on any atom is 0.213 e. The lowest BCUT2D eigenvalue weighted by atomic mass is 10.2. The van der Waals surface area contributed by atoms with Gasteiger partial charge in [0.25, 0.3) is 0 Å². The van der Waals surface area contributed by atoms with Crippen LogP contribution in [-0.2, 0) is 6.61 Å². The van der Waals surface area contributed by atoms with Crippen molar-refractivity contribution in [1.29, 1.82) is 0 Å². The third-order valence-corrected chi connectivity index (χ3v) is 2.68. The molecule has 0 spiro atoms. The van der Waals surface area contributed by atoms with Crippen LogP contribution < -0.4 is 9.47 Å². The van der Waals surface area contributed by atoms with E-state index in [1.807, 2.05) is 6.07 Å². The molecule has 0 bridgehead atoms. The molecule has 0 aliphatic carbocycles. The zero-order valence-electron chi connectivity index (χ0n) is 11.4. The molecule has 3 nitrogen and oxygen atoms in total. The highest BCUT2D eigenvalue weighted by Gasteiger charge is 2.03. The monoisotopic (exact) mass is 305 g/mol. The molecular formula is C16H13ClFNO2. The van der Waals surface area contributed by atoms with Gasteiger partial charge in [0.15, 0.2) is 0 Å². The van der Waals surface area contributed by atoms with Crippen LogP contribution in [0, 0.1) is 17.7 Å². The molecule has 0 amide bonds. The molecule has 1 aromatic heterocycles. The first kappa shape index (κ1) is 15.1. The molecule has 0 fully saturated rings. The summed E-state index contributed by atoms with van der Waals surface area (Å²) in [6.45, 7) is 0.211. The Morgan fingerprint density at radius 3 is 2.90 bits per heavy atom. The fraction of sp³-hybridized carbons (Fsp3) is 0.188. The van der Waals surface area contributed by atoms with E-state index in [1.165, 1.54) is 12.1 Å².